The van der Waals surface area contributed by atoms with Crippen LogP contribution in [0.25, 0.3) is 0 Å². The van der Waals surface area contributed by atoms with Gasteiger partial charge in [-0.1, -0.05) is 0 Å². The Morgan fingerprint density at radius 2 is 2.18 bits per heavy atom. The molecule has 0 unspecified atom stereocenters. The Labute approximate surface area is 99.9 Å². The molecule has 0 fully saturated rings. The van der Waals surface area contributed by atoms with Gasteiger partial charge in [-0.05, 0) is 44.7 Å². The van der Waals surface area contributed by atoms with Crippen molar-refractivity contribution in [1.29, 1.82) is 0 Å². The van der Waals surface area contributed by atoms with Crippen LogP contribution >= 0.6 is 0 Å². The zero-order chi connectivity index (χ0) is 12.6. The molecule has 0 aliphatic heterocycles. The van der Waals surface area contributed by atoms with E-state index in [2.05, 4.69) is 0 Å². The maximum atomic E-state index is 12.2. The van der Waals surface area contributed by atoms with Crippen molar-refractivity contribution >= 4 is 5.97 Å². The van der Waals surface area contributed by atoms with Crippen LogP contribution in [0.5, 0.6) is 0 Å². The van der Waals surface area contributed by atoms with Crippen LogP contribution in [-0.4, -0.2) is 15.6 Å². The van der Waals surface area contributed by atoms with Gasteiger partial charge in [-0.15, -0.1) is 0 Å². The number of aliphatic carboxylic acids is 1. The average Bonchev–Trinajstić information content (AvgIpc) is 2.64. The minimum atomic E-state index is -0.949. The Morgan fingerprint density at radius 1 is 1.47 bits per heavy atom. The summed E-state index contributed by atoms with van der Waals surface area (Å²) in [5.74, 6) is -0.949. The highest BCUT2D eigenvalue weighted by atomic mass is 16.4. The average molecular weight is 235 g/mol. The molecule has 4 heteroatoms. The number of carboxylic acids is 1. The lowest BCUT2D eigenvalue weighted by Gasteiger charge is -2.17. The summed E-state index contributed by atoms with van der Waals surface area (Å²) in [7, 11) is 0. The van der Waals surface area contributed by atoms with Crippen molar-refractivity contribution in [1.82, 2.24) is 4.57 Å². The zero-order valence-corrected chi connectivity index (χ0v) is 10.2. The lowest BCUT2D eigenvalue weighted by molar-refractivity contribution is -0.136. The molecule has 1 aliphatic rings. The van der Waals surface area contributed by atoms with Gasteiger partial charge >= 0.3 is 5.97 Å². The second-order valence-corrected chi connectivity index (χ2v) is 4.83. The normalized spacial score (nSPS) is 14.1. The van der Waals surface area contributed by atoms with E-state index in [1.165, 1.54) is 0 Å². The van der Waals surface area contributed by atoms with E-state index in [9.17, 15) is 9.59 Å². The quantitative estimate of drug-likeness (QED) is 0.864. The number of rotatable bonds is 3. The lowest BCUT2D eigenvalue weighted by Crippen LogP contribution is -2.29. The third-order valence-corrected chi connectivity index (χ3v) is 3.22. The highest BCUT2D eigenvalue weighted by Gasteiger charge is 2.21. The van der Waals surface area contributed by atoms with E-state index in [4.69, 9.17) is 5.11 Å². The van der Waals surface area contributed by atoms with Gasteiger partial charge in [0.15, 0.2) is 0 Å². The Morgan fingerprint density at radius 3 is 2.76 bits per heavy atom. The first kappa shape index (κ1) is 11.9. The molecular formula is C13H17NO3. The highest BCUT2D eigenvalue weighted by Crippen LogP contribution is 2.23. The molecule has 1 aromatic heterocycles. The highest BCUT2D eigenvalue weighted by molar-refractivity contribution is 5.70. The summed E-state index contributed by atoms with van der Waals surface area (Å²) < 4.78 is 1.76. The molecular weight excluding hydrogens is 218 g/mol. The molecule has 1 aliphatic carbocycles. The minimum Gasteiger partial charge on any atom is -0.481 e. The summed E-state index contributed by atoms with van der Waals surface area (Å²) in [4.78, 5) is 23.0. The van der Waals surface area contributed by atoms with E-state index < -0.39 is 5.97 Å². The summed E-state index contributed by atoms with van der Waals surface area (Å²) in [6.45, 7) is 3.93. The number of aryl methyl sites for hydroxylation is 1. The van der Waals surface area contributed by atoms with E-state index >= 15 is 0 Å². The fraction of sp³-hybridized carbons (Fsp3) is 0.538. The fourth-order valence-corrected chi connectivity index (χ4v) is 2.57. The van der Waals surface area contributed by atoms with Crippen molar-refractivity contribution in [2.24, 2.45) is 0 Å². The molecule has 0 bridgehead atoms. The monoisotopic (exact) mass is 235 g/mol. The number of fused-ring (bicyclic) bond motifs is 1. The summed E-state index contributed by atoms with van der Waals surface area (Å²) in [6, 6.07) is 1.88. The number of carbonyl (C=O) groups is 1. The van der Waals surface area contributed by atoms with Gasteiger partial charge in [0.25, 0.3) is 5.56 Å². The first-order chi connectivity index (χ1) is 8.00. The largest absolute Gasteiger partial charge is 0.481 e. The van der Waals surface area contributed by atoms with Gasteiger partial charge in [0, 0.05) is 17.3 Å². The van der Waals surface area contributed by atoms with Crippen molar-refractivity contribution in [3.8, 4) is 0 Å². The molecule has 1 N–H and O–H groups in total. The molecule has 92 valence electrons. The van der Waals surface area contributed by atoms with Crippen LogP contribution in [0.15, 0.2) is 10.9 Å². The van der Waals surface area contributed by atoms with Crippen LogP contribution < -0.4 is 5.56 Å². The summed E-state index contributed by atoms with van der Waals surface area (Å²) in [6.07, 6.45) is 2.75. The summed E-state index contributed by atoms with van der Waals surface area (Å²) in [5, 5.41) is 8.82. The van der Waals surface area contributed by atoms with Gasteiger partial charge in [-0.25, -0.2) is 0 Å². The Bertz CT molecular complexity index is 514. The molecule has 0 amide bonds. The topological polar surface area (TPSA) is 59.3 Å². The summed E-state index contributed by atoms with van der Waals surface area (Å²) >= 11 is 0. The molecule has 1 aromatic rings. The lowest BCUT2D eigenvalue weighted by atomic mass is 10.1. The number of nitrogens with zero attached hydrogens (tertiary/aromatic N) is 1. The van der Waals surface area contributed by atoms with Crippen LogP contribution in [0.1, 0.15) is 43.1 Å². The van der Waals surface area contributed by atoms with Gasteiger partial charge in [0.1, 0.15) is 0 Å². The molecule has 0 spiro atoms. The Balaban J connectivity index is 2.61. The van der Waals surface area contributed by atoms with Crippen LogP contribution in [0, 0.1) is 0 Å². The number of hydrogen-bond donors (Lipinski definition) is 1. The van der Waals surface area contributed by atoms with Gasteiger partial charge in [-0.3, -0.25) is 9.59 Å². The van der Waals surface area contributed by atoms with E-state index in [1.807, 2.05) is 13.8 Å². The second kappa shape index (κ2) is 4.35. The molecule has 0 aromatic carbocycles. The minimum absolute atomic E-state index is 0.0862. The number of hydrogen-bond acceptors (Lipinski definition) is 2. The Hall–Kier alpha value is -1.58. The maximum Gasteiger partial charge on any atom is 0.308 e. The molecule has 0 saturated carbocycles. The molecule has 0 saturated heterocycles. The smallest absolute Gasteiger partial charge is 0.308 e. The zero-order valence-electron chi connectivity index (χ0n) is 10.2. The van der Waals surface area contributed by atoms with E-state index in [-0.39, 0.29) is 18.0 Å². The van der Waals surface area contributed by atoms with Crippen LogP contribution in [0.3, 0.4) is 0 Å². The first-order valence-electron chi connectivity index (χ1n) is 5.98. The van der Waals surface area contributed by atoms with Crippen molar-refractivity contribution < 1.29 is 9.90 Å². The van der Waals surface area contributed by atoms with Gasteiger partial charge < -0.3 is 9.67 Å². The van der Waals surface area contributed by atoms with Crippen molar-refractivity contribution in [2.75, 3.05) is 0 Å². The molecule has 1 heterocycles. The van der Waals surface area contributed by atoms with E-state index in [1.54, 1.807) is 10.6 Å². The Kier molecular flexibility index (Phi) is 3.05. The molecule has 0 radical (unpaired) electrons. The van der Waals surface area contributed by atoms with Gasteiger partial charge in [-0.2, -0.15) is 0 Å². The van der Waals surface area contributed by atoms with Crippen LogP contribution in [0.4, 0.5) is 0 Å². The molecule has 17 heavy (non-hydrogen) atoms. The van der Waals surface area contributed by atoms with Crippen molar-refractivity contribution in [3.63, 3.8) is 0 Å². The predicted octanol–water partition coefficient (Wildman–Crippen LogP) is 1.55. The maximum absolute atomic E-state index is 12.2. The molecule has 0 atom stereocenters. The van der Waals surface area contributed by atoms with Crippen molar-refractivity contribution in [3.05, 3.63) is 33.2 Å². The SMILES string of the molecule is CC(C)n1c2c(cc(CC(=O)O)c1=O)CCC2. The predicted molar refractivity (Wildman–Crippen MR) is 64.5 cm³/mol. The third-order valence-electron chi connectivity index (χ3n) is 3.22. The van der Waals surface area contributed by atoms with Crippen molar-refractivity contribution in [2.45, 2.75) is 45.6 Å². The van der Waals surface area contributed by atoms with Gasteiger partial charge in [0.2, 0.25) is 0 Å². The standard InChI is InChI=1S/C13H17NO3/c1-8(2)14-11-5-3-4-9(11)6-10(13(14)17)7-12(15)16/h6,8H,3-5,7H2,1-2H3,(H,15,16). The molecule has 2 rings (SSSR count). The number of pyridine rings is 1. The molecule has 4 nitrogen and oxygen atoms in total. The second-order valence-electron chi connectivity index (χ2n) is 4.83. The van der Waals surface area contributed by atoms with E-state index in [0.717, 1.165) is 30.5 Å². The van der Waals surface area contributed by atoms with Crippen LogP contribution in [0.2, 0.25) is 0 Å². The van der Waals surface area contributed by atoms with E-state index in [0.29, 0.717) is 5.56 Å². The number of aromatic nitrogens is 1. The third kappa shape index (κ3) is 2.12. The fourth-order valence-electron chi connectivity index (χ4n) is 2.57. The van der Waals surface area contributed by atoms with Crippen LogP contribution in [-0.2, 0) is 24.1 Å². The number of carboxylic acid groups (broad SMARTS) is 1. The first-order valence-corrected chi connectivity index (χ1v) is 5.98. The summed E-state index contributed by atoms with van der Waals surface area (Å²) in [5.41, 5.74) is 2.52. The van der Waals surface area contributed by atoms with Gasteiger partial charge in [0.05, 0.1) is 6.42 Å².